The fourth-order valence-corrected chi connectivity index (χ4v) is 1.79. The van der Waals surface area contributed by atoms with Gasteiger partial charge in [-0.2, -0.15) is 13.2 Å². The minimum atomic E-state index is -4.79. The fourth-order valence-electron chi connectivity index (χ4n) is 1.79. The number of hydrogen-bond donors (Lipinski definition) is 1. The number of nitrogens with zero attached hydrogens (tertiary/aromatic N) is 1. The third-order valence-electron chi connectivity index (χ3n) is 2.49. The molecule has 0 amide bonds. The zero-order chi connectivity index (χ0) is 15.6. The molecule has 8 heteroatoms. The molecule has 1 aromatic carbocycles. The number of alkyl halides is 3. The highest BCUT2D eigenvalue weighted by atomic mass is 19.4. The SMILES string of the molecule is COCC(C)(C)Nc1ccc([N+](=O)[O-])c(C(F)(F)F)c1. The van der Waals surface area contributed by atoms with Crippen molar-refractivity contribution in [2.75, 3.05) is 19.0 Å². The molecule has 0 bridgehead atoms. The van der Waals surface area contributed by atoms with E-state index in [2.05, 4.69) is 5.32 Å². The van der Waals surface area contributed by atoms with Crippen LogP contribution in [-0.2, 0) is 10.9 Å². The van der Waals surface area contributed by atoms with Gasteiger partial charge < -0.3 is 10.1 Å². The molecule has 0 atom stereocenters. The van der Waals surface area contributed by atoms with Crippen molar-refractivity contribution in [3.63, 3.8) is 0 Å². The molecule has 112 valence electrons. The Labute approximate surface area is 113 Å². The van der Waals surface area contributed by atoms with Crippen molar-refractivity contribution in [2.45, 2.75) is 25.6 Å². The smallest absolute Gasteiger partial charge is 0.382 e. The lowest BCUT2D eigenvalue weighted by atomic mass is 10.1. The van der Waals surface area contributed by atoms with E-state index < -0.39 is 27.9 Å². The number of hydrogen-bond acceptors (Lipinski definition) is 4. The molecule has 5 nitrogen and oxygen atoms in total. The highest BCUT2D eigenvalue weighted by Gasteiger charge is 2.38. The summed E-state index contributed by atoms with van der Waals surface area (Å²) in [6.45, 7) is 3.75. The van der Waals surface area contributed by atoms with Crippen molar-refractivity contribution in [2.24, 2.45) is 0 Å². The molecule has 0 aliphatic carbocycles. The minimum Gasteiger partial charge on any atom is -0.382 e. The van der Waals surface area contributed by atoms with Crippen LogP contribution < -0.4 is 5.32 Å². The van der Waals surface area contributed by atoms with E-state index in [1.54, 1.807) is 13.8 Å². The number of nitro groups is 1. The van der Waals surface area contributed by atoms with Gasteiger partial charge in [0.2, 0.25) is 0 Å². The van der Waals surface area contributed by atoms with E-state index in [4.69, 9.17) is 4.74 Å². The van der Waals surface area contributed by atoms with Crippen LogP contribution in [0, 0.1) is 10.1 Å². The van der Waals surface area contributed by atoms with Crippen LogP contribution in [0.25, 0.3) is 0 Å². The van der Waals surface area contributed by atoms with Gasteiger partial charge in [-0.1, -0.05) is 0 Å². The Morgan fingerprint density at radius 1 is 1.35 bits per heavy atom. The normalized spacial score (nSPS) is 12.3. The Hall–Kier alpha value is -1.83. The zero-order valence-corrected chi connectivity index (χ0v) is 11.2. The van der Waals surface area contributed by atoms with Crippen molar-refractivity contribution in [3.05, 3.63) is 33.9 Å². The summed E-state index contributed by atoms with van der Waals surface area (Å²) in [4.78, 5) is 9.58. The molecule has 0 saturated carbocycles. The van der Waals surface area contributed by atoms with Crippen LogP contribution in [0.3, 0.4) is 0 Å². The van der Waals surface area contributed by atoms with Crippen LogP contribution in [0.1, 0.15) is 19.4 Å². The maximum absolute atomic E-state index is 12.8. The second-order valence-electron chi connectivity index (χ2n) is 4.93. The summed E-state index contributed by atoms with van der Waals surface area (Å²) in [5, 5.41) is 13.5. The first-order chi connectivity index (χ1) is 9.07. The van der Waals surface area contributed by atoms with Crippen molar-refractivity contribution in [1.29, 1.82) is 0 Å². The Morgan fingerprint density at radius 3 is 2.40 bits per heavy atom. The van der Waals surface area contributed by atoms with Crippen LogP contribution in [0.5, 0.6) is 0 Å². The summed E-state index contributed by atoms with van der Waals surface area (Å²) in [6, 6.07) is 2.81. The Balaban J connectivity index is 3.17. The minimum absolute atomic E-state index is 0.143. The van der Waals surface area contributed by atoms with E-state index in [-0.39, 0.29) is 12.3 Å². The second-order valence-corrected chi connectivity index (χ2v) is 4.93. The molecule has 1 N–H and O–H groups in total. The maximum Gasteiger partial charge on any atom is 0.423 e. The van der Waals surface area contributed by atoms with Gasteiger partial charge in [0.05, 0.1) is 17.1 Å². The molecule has 0 aliphatic heterocycles. The van der Waals surface area contributed by atoms with Gasteiger partial charge >= 0.3 is 6.18 Å². The summed E-state index contributed by atoms with van der Waals surface area (Å²) in [5.41, 5.74) is -2.70. The van der Waals surface area contributed by atoms with Crippen molar-refractivity contribution in [3.8, 4) is 0 Å². The molecule has 0 unspecified atom stereocenters. The number of nitrogens with one attached hydrogen (secondary N) is 1. The van der Waals surface area contributed by atoms with Gasteiger partial charge in [0.1, 0.15) is 5.56 Å². The van der Waals surface area contributed by atoms with E-state index in [1.807, 2.05) is 0 Å². The van der Waals surface area contributed by atoms with Gasteiger partial charge in [0.15, 0.2) is 0 Å². The van der Waals surface area contributed by atoms with E-state index in [0.717, 1.165) is 12.1 Å². The Morgan fingerprint density at radius 2 is 1.95 bits per heavy atom. The van der Waals surface area contributed by atoms with Crippen molar-refractivity contribution in [1.82, 2.24) is 0 Å². The van der Waals surface area contributed by atoms with Gasteiger partial charge in [0, 0.05) is 18.9 Å². The topological polar surface area (TPSA) is 64.4 Å². The van der Waals surface area contributed by atoms with E-state index in [1.165, 1.54) is 13.2 Å². The number of benzene rings is 1. The molecule has 0 radical (unpaired) electrons. The molecule has 1 aromatic rings. The first-order valence-electron chi connectivity index (χ1n) is 5.69. The average molecular weight is 292 g/mol. The van der Waals surface area contributed by atoms with Gasteiger partial charge in [-0.15, -0.1) is 0 Å². The molecule has 0 fully saturated rings. The van der Waals surface area contributed by atoms with E-state index >= 15 is 0 Å². The third-order valence-corrected chi connectivity index (χ3v) is 2.49. The van der Waals surface area contributed by atoms with Crippen LogP contribution in [-0.4, -0.2) is 24.2 Å². The molecule has 1 rings (SSSR count). The van der Waals surface area contributed by atoms with Gasteiger partial charge in [-0.3, -0.25) is 10.1 Å². The lowest BCUT2D eigenvalue weighted by Gasteiger charge is -2.27. The number of anilines is 1. The van der Waals surface area contributed by atoms with Gasteiger partial charge in [0.25, 0.3) is 5.69 Å². The van der Waals surface area contributed by atoms with Gasteiger partial charge in [-0.05, 0) is 26.0 Å². The van der Waals surface area contributed by atoms with Crippen LogP contribution >= 0.6 is 0 Å². The largest absolute Gasteiger partial charge is 0.423 e. The lowest BCUT2D eigenvalue weighted by molar-refractivity contribution is -0.388. The molecule has 0 saturated heterocycles. The highest BCUT2D eigenvalue weighted by Crippen LogP contribution is 2.37. The lowest BCUT2D eigenvalue weighted by Crippen LogP contribution is -2.35. The monoisotopic (exact) mass is 292 g/mol. The summed E-state index contributed by atoms with van der Waals surface area (Å²) < 4.78 is 43.4. The Kier molecular flexibility index (Phi) is 4.59. The maximum atomic E-state index is 12.8. The standard InChI is InChI=1S/C12H15F3N2O3/c1-11(2,7-20-3)16-8-4-5-10(17(18)19)9(6-8)12(13,14)15/h4-6,16H,7H2,1-3H3. The first kappa shape index (κ1) is 16.2. The molecule has 20 heavy (non-hydrogen) atoms. The number of ether oxygens (including phenoxy) is 1. The molecular weight excluding hydrogens is 277 g/mol. The number of nitro benzene ring substituents is 1. The van der Waals surface area contributed by atoms with Crippen molar-refractivity contribution < 1.29 is 22.8 Å². The summed E-state index contributed by atoms with van der Waals surface area (Å²) in [7, 11) is 1.47. The first-order valence-corrected chi connectivity index (χ1v) is 5.69. The van der Waals surface area contributed by atoms with Crippen LogP contribution in [0.4, 0.5) is 24.5 Å². The Bertz CT molecular complexity index is 501. The quantitative estimate of drug-likeness (QED) is 0.667. The van der Waals surface area contributed by atoms with Crippen molar-refractivity contribution >= 4 is 11.4 Å². The molecule has 0 aliphatic rings. The number of rotatable bonds is 5. The highest BCUT2D eigenvalue weighted by molar-refractivity contribution is 5.56. The van der Waals surface area contributed by atoms with Crippen LogP contribution in [0.2, 0.25) is 0 Å². The number of methoxy groups -OCH3 is 1. The van der Waals surface area contributed by atoms with Crippen LogP contribution in [0.15, 0.2) is 18.2 Å². The zero-order valence-electron chi connectivity index (χ0n) is 11.2. The predicted octanol–water partition coefficient (Wildman–Crippen LogP) is 3.45. The molecule has 0 spiro atoms. The number of halogens is 3. The van der Waals surface area contributed by atoms with E-state index in [0.29, 0.717) is 0 Å². The molecular formula is C12H15F3N2O3. The molecule has 0 heterocycles. The van der Waals surface area contributed by atoms with Gasteiger partial charge in [-0.25, -0.2) is 0 Å². The third kappa shape index (κ3) is 4.09. The average Bonchev–Trinajstić information content (AvgIpc) is 2.26. The summed E-state index contributed by atoms with van der Waals surface area (Å²) in [6.07, 6.45) is -4.79. The fraction of sp³-hybridized carbons (Fsp3) is 0.500. The predicted molar refractivity (Wildman–Crippen MR) is 67.7 cm³/mol. The second kappa shape index (κ2) is 5.66. The summed E-state index contributed by atoms with van der Waals surface area (Å²) >= 11 is 0. The molecule has 0 aromatic heterocycles. The van der Waals surface area contributed by atoms with E-state index in [9.17, 15) is 23.3 Å². The summed E-state index contributed by atoms with van der Waals surface area (Å²) in [5.74, 6) is 0.